The molecule has 72 valence electrons. The third-order valence-corrected chi connectivity index (χ3v) is 2.58. The van der Waals surface area contributed by atoms with E-state index in [9.17, 15) is 4.79 Å². The van der Waals surface area contributed by atoms with Crippen LogP contribution in [0.15, 0.2) is 23.8 Å². The molecule has 1 saturated carbocycles. The number of hydrogen-bond donors (Lipinski definition) is 0. The number of ketones is 1. The number of hydrogen-bond acceptors (Lipinski definition) is 1. The highest BCUT2D eigenvalue weighted by molar-refractivity contribution is 5.87. The molecule has 0 radical (unpaired) electrons. The summed E-state index contributed by atoms with van der Waals surface area (Å²) in [6.07, 6.45) is 10.7. The van der Waals surface area contributed by atoms with Crippen LogP contribution in [0.1, 0.15) is 39.5 Å². The molecule has 0 aromatic rings. The molecule has 1 rings (SSSR count). The quantitative estimate of drug-likeness (QED) is 0.593. The van der Waals surface area contributed by atoms with E-state index in [4.69, 9.17) is 0 Å². The van der Waals surface area contributed by atoms with Gasteiger partial charge in [0, 0.05) is 0 Å². The summed E-state index contributed by atoms with van der Waals surface area (Å²) in [5, 5.41) is 0. The lowest BCUT2D eigenvalue weighted by Gasteiger charge is -2.19. The van der Waals surface area contributed by atoms with Gasteiger partial charge in [0.25, 0.3) is 0 Å². The van der Waals surface area contributed by atoms with E-state index in [0.29, 0.717) is 0 Å². The molecular formula is C12H18O. The Hall–Kier alpha value is -0.850. The van der Waals surface area contributed by atoms with Crippen LogP contribution in [-0.4, -0.2) is 5.78 Å². The van der Waals surface area contributed by atoms with Crippen molar-refractivity contribution in [2.24, 2.45) is 5.92 Å². The average molecular weight is 178 g/mol. The molecular weight excluding hydrogens is 160 g/mol. The van der Waals surface area contributed by atoms with E-state index in [0.717, 1.165) is 5.92 Å². The van der Waals surface area contributed by atoms with E-state index < -0.39 is 0 Å². The van der Waals surface area contributed by atoms with Crippen LogP contribution in [-0.2, 0) is 4.79 Å². The highest BCUT2D eigenvalue weighted by Crippen LogP contribution is 2.27. The van der Waals surface area contributed by atoms with E-state index in [1.807, 2.05) is 6.08 Å². The zero-order chi connectivity index (χ0) is 9.68. The molecule has 0 atom stereocenters. The molecule has 13 heavy (non-hydrogen) atoms. The number of allylic oxidation sites excluding steroid dienone is 4. The van der Waals surface area contributed by atoms with Crippen molar-refractivity contribution in [2.75, 3.05) is 0 Å². The molecule has 0 amide bonds. The molecule has 0 aliphatic heterocycles. The maximum atomic E-state index is 10.6. The first-order valence-electron chi connectivity index (χ1n) is 5.05. The van der Waals surface area contributed by atoms with Crippen molar-refractivity contribution in [1.82, 2.24) is 0 Å². The van der Waals surface area contributed by atoms with Gasteiger partial charge in [0.05, 0.1) is 0 Å². The Bertz CT molecular complexity index is 226. The van der Waals surface area contributed by atoms with E-state index in [1.165, 1.54) is 31.3 Å². The van der Waals surface area contributed by atoms with Gasteiger partial charge in [-0.3, -0.25) is 4.79 Å². The summed E-state index contributed by atoms with van der Waals surface area (Å²) in [4.78, 5) is 10.6. The molecule has 1 fully saturated rings. The van der Waals surface area contributed by atoms with Gasteiger partial charge in [-0.25, -0.2) is 0 Å². The molecule has 1 nitrogen and oxygen atoms in total. The van der Waals surface area contributed by atoms with Crippen LogP contribution in [0.3, 0.4) is 0 Å². The first-order chi connectivity index (χ1) is 6.18. The van der Waals surface area contributed by atoms with Gasteiger partial charge in [-0.1, -0.05) is 24.6 Å². The molecule has 0 heterocycles. The monoisotopic (exact) mass is 178 g/mol. The highest BCUT2D eigenvalue weighted by Gasteiger charge is 2.10. The third kappa shape index (κ3) is 4.07. The van der Waals surface area contributed by atoms with Crippen LogP contribution in [0.25, 0.3) is 0 Å². The minimum absolute atomic E-state index is 0.126. The number of carbonyl (C=O) groups is 1. The number of carbonyl (C=O) groups excluding carboxylic acids is 1. The predicted octanol–water partition coefficient (Wildman–Crippen LogP) is 3.27. The van der Waals surface area contributed by atoms with Crippen molar-refractivity contribution in [3.05, 3.63) is 23.8 Å². The summed E-state index contributed by atoms with van der Waals surface area (Å²) >= 11 is 0. The van der Waals surface area contributed by atoms with Gasteiger partial charge < -0.3 is 0 Å². The molecule has 1 aliphatic carbocycles. The first-order valence-corrected chi connectivity index (χ1v) is 5.05. The Morgan fingerprint density at radius 2 is 2.00 bits per heavy atom. The number of rotatable bonds is 2. The summed E-state index contributed by atoms with van der Waals surface area (Å²) in [5.74, 6) is 1.01. The van der Waals surface area contributed by atoms with Crippen molar-refractivity contribution in [1.29, 1.82) is 0 Å². The van der Waals surface area contributed by atoms with Gasteiger partial charge in [-0.2, -0.15) is 0 Å². The van der Waals surface area contributed by atoms with E-state index in [1.54, 1.807) is 13.0 Å². The standard InChI is InChI=1S/C12H18O/c1-10-6-8-12(9-7-10)5-3-4-11(2)13/h3-5,10H,6-9H2,1-2H3/b4-3+,12-5?. The van der Waals surface area contributed by atoms with Crippen LogP contribution in [0.4, 0.5) is 0 Å². The van der Waals surface area contributed by atoms with Gasteiger partial charge >= 0.3 is 0 Å². The second-order valence-electron chi connectivity index (χ2n) is 3.98. The molecule has 0 aromatic heterocycles. The maximum absolute atomic E-state index is 10.6. The van der Waals surface area contributed by atoms with Crippen LogP contribution >= 0.6 is 0 Å². The second-order valence-corrected chi connectivity index (χ2v) is 3.98. The minimum atomic E-state index is 0.126. The fraction of sp³-hybridized carbons (Fsp3) is 0.583. The molecule has 0 N–H and O–H groups in total. The van der Waals surface area contributed by atoms with E-state index in [2.05, 4.69) is 13.0 Å². The Morgan fingerprint density at radius 3 is 2.54 bits per heavy atom. The fourth-order valence-corrected chi connectivity index (χ4v) is 1.62. The Morgan fingerprint density at radius 1 is 1.38 bits per heavy atom. The minimum Gasteiger partial charge on any atom is -0.295 e. The zero-order valence-corrected chi connectivity index (χ0v) is 8.55. The summed E-state index contributed by atoms with van der Waals surface area (Å²) < 4.78 is 0. The summed E-state index contributed by atoms with van der Waals surface area (Å²) in [6.45, 7) is 3.89. The second kappa shape index (κ2) is 5.00. The largest absolute Gasteiger partial charge is 0.295 e. The van der Waals surface area contributed by atoms with Gasteiger partial charge in [0.2, 0.25) is 0 Å². The van der Waals surface area contributed by atoms with Crippen molar-refractivity contribution < 1.29 is 4.79 Å². The zero-order valence-electron chi connectivity index (χ0n) is 8.55. The van der Waals surface area contributed by atoms with Crippen molar-refractivity contribution in [2.45, 2.75) is 39.5 Å². The smallest absolute Gasteiger partial charge is 0.152 e. The van der Waals surface area contributed by atoms with Gasteiger partial charge in [-0.15, -0.1) is 0 Å². The lowest BCUT2D eigenvalue weighted by molar-refractivity contribution is -0.112. The lowest BCUT2D eigenvalue weighted by Crippen LogP contribution is -2.03. The van der Waals surface area contributed by atoms with E-state index in [-0.39, 0.29) is 5.78 Å². The summed E-state index contributed by atoms with van der Waals surface area (Å²) in [5.41, 5.74) is 1.50. The van der Waals surface area contributed by atoms with Gasteiger partial charge in [0.15, 0.2) is 5.78 Å². The SMILES string of the molecule is CC(=O)/C=C/C=C1CCC(C)CC1. The van der Waals surface area contributed by atoms with Crippen molar-refractivity contribution in [3.8, 4) is 0 Å². The normalized spacial score (nSPS) is 23.5. The van der Waals surface area contributed by atoms with Crippen LogP contribution in [0.2, 0.25) is 0 Å². The Labute approximate surface area is 80.5 Å². The predicted molar refractivity (Wildman–Crippen MR) is 55.5 cm³/mol. The molecule has 1 aliphatic rings. The molecule has 0 aromatic carbocycles. The Kier molecular flexibility index (Phi) is 3.94. The molecule has 0 unspecified atom stereocenters. The van der Waals surface area contributed by atoms with Crippen LogP contribution in [0.5, 0.6) is 0 Å². The van der Waals surface area contributed by atoms with E-state index >= 15 is 0 Å². The topological polar surface area (TPSA) is 17.1 Å². The highest BCUT2D eigenvalue weighted by atomic mass is 16.1. The molecule has 1 heteroatoms. The lowest BCUT2D eigenvalue weighted by atomic mass is 9.87. The molecule has 0 spiro atoms. The third-order valence-electron chi connectivity index (χ3n) is 2.58. The van der Waals surface area contributed by atoms with Crippen molar-refractivity contribution >= 4 is 5.78 Å². The Balaban J connectivity index is 2.40. The fourth-order valence-electron chi connectivity index (χ4n) is 1.62. The summed E-state index contributed by atoms with van der Waals surface area (Å²) in [7, 11) is 0. The average Bonchev–Trinajstić information content (AvgIpc) is 2.08. The molecule has 0 bridgehead atoms. The van der Waals surface area contributed by atoms with Crippen LogP contribution in [0, 0.1) is 5.92 Å². The first kappa shape index (κ1) is 10.2. The summed E-state index contributed by atoms with van der Waals surface area (Å²) in [6, 6.07) is 0. The maximum Gasteiger partial charge on any atom is 0.152 e. The van der Waals surface area contributed by atoms with Crippen molar-refractivity contribution in [3.63, 3.8) is 0 Å². The van der Waals surface area contributed by atoms with Gasteiger partial charge in [0.1, 0.15) is 0 Å². The molecule has 0 saturated heterocycles. The van der Waals surface area contributed by atoms with Gasteiger partial charge in [-0.05, 0) is 44.6 Å². The van der Waals surface area contributed by atoms with Crippen LogP contribution < -0.4 is 0 Å².